The second-order valence-electron chi connectivity index (χ2n) is 4.94. The molecule has 0 fully saturated rings. The molecule has 1 aliphatic rings. The summed E-state index contributed by atoms with van der Waals surface area (Å²) in [5, 5.41) is 6.26. The number of nitrogens with one attached hydrogen (secondary N) is 2. The Morgan fingerprint density at radius 1 is 1.43 bits per heavy atom. The second-order valence-corrected chi connectivity index (χ2v) is 6.26. The van der Waals surface area contributed by atoms with Crippen molar-refractivity contribution >= 4 is 39.2 Å². The van der Waals surface area contributed by atoms with Gasteiger partial charge in [-0.2, -0.15) is 0 Å². The molecule has 0 bridgehead atoms. The molecule has 0 radical (unpaired) electrons. The molecule has 21 heavy (non-hydrogen) atoms. The van der Waals surface area contributed by atoms with E-state index in [4.69, 9.17) is 12.2 Å². The summed E-state index contributed by atoms with van der Waals surface area (Å²) in [5.74, 6) is -0.586. The van der Waals surface area contributed by atoms with E-state index in [-0.39, 0.29) is 5.91 Å². The van der Waals surface area contributed by atoms with E-state index in [9.17, 15) is 9.18 Å². The molecule has 1 aromatic rings. The molecule has 1 amide bonds. The van der Waals surface area contributed by atoms with Gasteiger partial charge >= 0.3 is 0 Å². The Labute approximate surface area is 136 Å². The van der Waals surface area contributed by atoms with Gasteiger partial charge in [0, 0.05) is 29.8 Å². The van der Waals surface area contributed by atoms with E-state index in [0.29, 0.717) is 21.9 Å². The summed E-state index contributed by atoms with van der Waals surface area (Å²) in [6, 6.07) is 4.00. The van der Waals surface area contributed by atoms with Gasteiger partial charge in [0.2, 0.25) is 0 Å². The van der Waals surface area contributed by atoms with E-state index in [2.05, 4.69) is 26.6 Å². The number of hydrogen-bond donors (Lipinski definition) is 2. The molecule has 0 spiro atoms. The largest absolute Gasteiger partial charge is 0.351 e. The van der Waals surface area contributed by atoms with Crippen LogP contribution in [-0.4, -0.2) is 30.0 Å². The van der Waals surface area contributed by atoms with Crippen molar-refractivity contribution in [3.63, 3.8) is 0 Å². The minimum absolute atomic E-state index is 0.195. The Kier molecular flexibility index (Phi) is 4.63. The quantitative estimate of drug-likeness (QED) is 0.783. The lowest BCUT2D eigenvalue weighted by molar-refractivity contribution is -0.125. The van der Waals surface area contributed by atoms with Crippen LogP contribution in [0, 0.1) is 5.82 Å². The molecule has 1 unspecified atom stereocenters. The standard InChI is InChI=1S/C14H15BrFN3OS/c1-7-11(13(20)19(2)3)12(18-14(21)17-7)9-6-8(15)4-5-10(9)16/h4-6,12H,1-3H3,(H2,17,18,21). The normalized spacial score (nSPS) is 18.1. The second kappa shape index (κ2) is 6.11. The topological polar surface area (TPSA) is 44.4 Å². The highest BCUT2D eigenvalue weighted by Crippen LogP contribution is 2.31. The molecule has 7 heteroatoms. The van der Waals surface area contributed by atoms with E-state index in [1.54, 1.807) is 33.2 Å². The van der Waals surface area contributed by atoms with Crippen molar-refractivity contribution < 1.29 is 9.18 Å². The number of carbonyl (C=O) groups excluding carboxylic acids is 1. The molecule has 2 rings (SSSR count). The number of benzene rings is 1. The fourth-order valence-electron chi connectivity index (χ4n) is 2.19. The highest BCUT2D eigenvalue weighted by Gasteiger charge is 2.32. The van der Waals surface area contributed by atoms with Crippen LogP contribution in [0.1, 0.15) is 18.5 Å². The van der Waals surface area contributed by atoms with Crippen LogP contribution >= 0.6 is 28.1 Å². The first-order chi connectivity index (χ1) is 9.81. The lowest BCUT2D eigenvalue weighted by atomic mass is 9.94. The maximum atomic E-state index is 14.2. The Morgan fingerprint density at radius 3 is 2.71 bits per heavy atom. The molecule has 1 heterocycles. The Balaban J connectivity index is 2.58. The van der Waals surface area contributed by atoms with Gasteiger partial charge in [-0.3, -0.25) is 4.79 Å². The van der Waals surface area contributed by atoms with Gasteiger partial charge in [-0.15, -0.1) is 0 Å². The zero-order valence-corrected chi connectivity index (χ0v) is 14.2. The van der Waals surface area contributed by atoms with Crippen molar-refractivity contribution in [1.82, 2.24) is 15.5 Å². The summed E-state index contributed by atoms with van der Waals surface area (Å²) < 4.78 is 14.9. The van der Waals surface area contributed by atoms with Crippen molar-refractivity contribution in [3.05, 3.63) is 45.3 Å². The summed E-state index contributed by atoms with van der Waals surface area (Å²) in [7, 11) is 3.31. The highest BCUT2D eigenvalue weighted by atomic mass is 79.9. The molecule has 1 aliphatic heterocycles. The summed E-state index contributed by atoms with van der Waals surface area (Å²) in [4.78, 5) is 13.9. The predicted molar refractivity (Wildman–Crippen MR) is 87.1 cm³/mol. The molecule has 112 valence electrons. The van der Waals surface area contributed by atoms with E-state index in [1.807, 2.05) is 0 Å². The number of hydrogen-bond acceptors (Lipinski definition) is 2. The average Bonchev–Trinajstić information content (AvgIpc) is 2.40. The van der Waals surface area contributed by atoms with Gasteiger partial charge in [0.1, 0.15) is 5.82 Å². The minimum atomic E-state index is -0.619. The van der Waals surface area contributed by atoms with Crippen LogP contribution in [0.4, 0.5) is 4.39 Å². The summed E-state index contributed by atoms with van der Waals surface area (Å²) in [5.41, 5.74) is 1.45. The lowest BCUT2D eigenvalue weighted by Crippen LogP contribution is -2.46. The van der Waals surface area contributed by atoms with Gasteiger partial charge in [0.15, 0.2) is 5.11 Å². The molecule has 0 saturated carbocycles. The van der Waals surface area contributed by atoms with Crippen molar-refractivity contribution in [2.75, 3.05) is 14.1 Å². The third-order valence-electron chi connectivity index (χ3n) is 3.17. The van der Waals surface area contributed by atoms with Gasteiger partial charge < -0.3 is 15.5 Å². The molecule has 4 nitrogen and oxygen atoms in total. The zero-order chi connectivity index (χ0) is 15.7. The van der Waals surface area contributed by atoms with Gasteiger partial charge in [-0.05, 0) is 37.3 Å². The SMILES string of the molecule is CC1=C(C(=O)N(C)C)C(c2cc(Br)ccc2F)NC(=S)N1. The van der Waals surface area contributed by atoms with Crippen LogP contribution in [0.3, 0.4) is 0 Å². The molecule has 1 aromatic carbocycles. The molecular weight excluding hydrogens is 357 g/mol. The average molecular weight is 372 g/mol. The maximum absolute atomic E-state index is 14.2. The van der Waals surface area contributed by atoms with Crippen molar-refractivity contribution in [2.45, 2.75) is 13.0 Å². The first-order valence-corrected chi connectivity index (χ1v) is 7.46. The van der Waals surface area contributed by atoms with E-state index < -0.39 is 11.9 Å². The fraction of sp³-hybridized carbons (Fsp3) is 0.286. The molecular formula is C14H15BrFN3OS. The molecule has 2 N–H and O–H groups in total. The first-order valence-electron chi connectivity index (χ1n) is 6.26. The number of amides is 1. The summed E-state index contributed by atoms with van der Waals surface area (Å²) >= 11 is 8.45. The molecule has 0 saturated heterocycles. The molecule has 0 aliphatic carbocycles. The van der Waals surface area contributed by atoms with E-state index >= 15 is 0 Å². The number of carbonyl (C=O) groups is 1. The van der Waals surface area contributed by atoms with Crippen molar-refractivity contribution in [1.29, 1.82) is 0 Å². The number of allylic oxidation sites excluding steroid dienone is 1. The highest BCUT2D eigenvalue weighted by molar-refractivity contribution is 9.10. The van der Waals surface area contributed by atoms with Gasteiger partial charge in [0.25, 0.3) is 5.91 Å². The van der Waals surface area contributed by atoms with Crippen LogP contribution < -0.4 is 10.6 Å². The number of likely N-dealkylation sites (N-methyl/N-ethyl adjacent to an activating group) is 1. The Morgan fingerprint density at radius 2 is 2.10 bits per heavy atom. The van der Waals surface area contributed by atoms with Crippen molar-refractivity contribution in [3.8, 4) is 0 Å². The number of nitrogens with zero attached hydrogens (tertiary/aromatic N) is 1. The van der Waals surface area contributed by atoms with Crippen molar-refractivity contribution in [2.24, 2.45) is 0 Å². The third kappa shape index (κ3) is 3.24. The van der Waals surface area contributed by atoms with Crippen LogP contribution in [0.15, 0.2) is 33.9 Å². The van der Waals surface area contributed by atoms with Crippen LogP contribution in [-0.2, 0) is 4.79 Å². The number of halogens is 2. The van der Waals surface area contributed by atoms with Crippen LogP contribution in [0.25, 0.3) is 0 Å². The zero-order valence-electron chi connectivity index (χ0n) is 11.8. The summed E-state index contributed by atoms with van der Waals surface area (Å²) in [6.07, 6.45) is 0. The van der Waals surface area contributed by atoms with Gasteiger partial charge in [-0.25, -0.2) is 4.39 Å². The molecule has 0 aromatic heterocycles. The first kappa shape index (κ1) is 15.9. The number of rotatable bonds is 2. The Hall–Kier alpha value is -1.47. The predicted octanol–water partition coefficient (Wildman–Crippen LogP) is 2.47. The maximum Gasteiger partial charge on any atom is 0.253 e. The summed E-state index contributed by atoms with van der Waals surface area (Å²) in [6.45, 7) is 1.76. The lowest BCUT2D eigenvalue weighted by Gasteiger charge is -2.31. The Bertz CT molecular complexity index is 645. The monoisotopic (exact) mass is 371 g/mol. The molecule has 1 atom stereocenters. The minimum Gasteiger partial charge on any atom is -0.351 e. The third-order valence-corrected chi connectivity index (χ3v) is 3.89. The van der Waals surface area contributed by atoms with E-state index in [1.165, 1.54) is 11.0 Å². The van der Waals surface area contributed by atoms with Crippen LogP contribution in [0.5, 0.6) is 0 Å². The van der Waals surface area contributed by atoms with Gasteiger partial charge in [0.05, 0.1) is 11.6 Å². The van der Waals surface area contributed by atoms with Gasteiger partial charge in [-0.1, -0.05) is 15.9 Å². The van der Waals surface area contributed by atoms with Crippen LogP contribution in [0.2, 0.25) is 0 Å². The fourth-order valence-corrected chi connectivity index (χ4v) is 2.84. The number of thiocarbonyl (C=S) groups is 1. The smallest absolute Gasteiger partial charge is 0.253 e. The van der Waals surface area contributed by atoms with E-state index in [0.717, 1.165) is 4.47 Å².